The minimum atomic E-state index is -2.87. The normalized spacial score (nSPS) is 11.5. The van der Waals surface area contributed by atoms with Crippen LogP contribution in [0.4, 0.5) is 8.78 Å². The molecule has 0 aliphatic rings. The van der Waals surface area contributed by atoms with Crippen LogP contribution in [0.2, 0.25) is 0 Å². The van der Waals surface area contributed by atoms with Crippen molar-refractivity contribution in [2.45, 2.75) is 59.2 Å². The first-order valence-electron chi connectivity index (χ1n) is 9.57. The first-order valence-corrected chi connectivity index (χ1v) is 9.57. The first-order chi connectivity index (χ1) is 13.6. The molecule has 9 heteroatoms. The molecule has 0 aliphatic carbocycles. The minimum absolute atomic E-state index is 0. The van der Waals surface area contributed by atoms with Gasteiger partial charge in [-0.2, -0.15) is 8.78 Å². The Morgan fingerprint density at radius 3 is 2.55 bits per heavy atom. The Bertz CT molecular complexity index is 752. The predicted octanol–water partition coefficient (Wildman–Crippen LogP) is 5.05. The molecule has 2 aromatic rings. The number of benzene rings is 1. The number of hydrogen-bond acceptors (Lipinski definition) is 4. The zero-order valence-corrected chi connectivity index (χ0v) is 19.3. The maximum Gasteiger partial charge on any atom is 0.387 e. The van der Waals surface area contributed by atoms with Gasteiger partial charge >= 0.3 is 6.61 Å². The lowest BCUT2D eigenvalue weighted by Crippen LogP contribution is -2.36. The molecule has 0 radical (unpaired) electrons. The van der Waals surface area contributed by atoms with Crippen LogP contribution in [0.1, 0.15) is 56.5 Å². The van der Waals surface area contributed by atoms with Gasteiger partial charge in [0, 0.05) is 24.1 Å². The summed E-state index contributed by atoms with van der Waals surface area (Å²) < 4.78 is 35.0. The highest BCUT2D eigenvalue weighted by Crippen LogP contribution is 2.22. The van der Waals surface area contributed by atoms with Gasteiger partial charge in [-0.05, 0) is 25.8 Å². The summed E-state index contributed by atoms with van der Waals surface area (Å²) in [6.07, 6.45) is 2.03. The van der Waals surface area contributed by atoms with E-state index in [2.05, 4.69) is 39.4 Å². The van der Waals surface area contributed by atoms with Crippen molar-refractivity contribution in [2.75, 3.05) is 6.54 Å². The zero-order valence-electron chi connectivity index (χ0n) is 17.0. The molecule has 0 bridgehead atoms. The molecule has 6 nitrogen and oxygen atoms in total. The second-order valence-electron chi connectivity index (χ2n) is 6.27. The quantitative estimate of drug-likeness (QED) is 0.260. The Kier molecular flexibility index (Phi) is 11.6. The number of aliphatic imine (C=N–C) groups is 1. The Balaban J connectivity index is 0.00000420. The molecule has 29 heavy (non-hydrogen) atoms. The smallest absolute Gasteiger partial charge is 0.387 e. The summed E-state index contributed by atoms with van der Waals surface area (Å²) in [5.74, 6) is 1.79. The van der Waals surface area contributed by atoms with Gasteiger partial charge in [-0.3, -0.25) is 0 Å². The van der Waals surface area contributed by atoms with Crippen molar-refractivity contribution in [3.05, 3.63) is 47.3 Å². The lowest BCUT2D eigenvalue weighted by atomic mass is 9.99. The number of ether oxygens (including phenoxy) is 1. The maximum absolute atomic E-state index is 12.5. The standard InChI is InChI=1S/C20H28F2N4O2.HI/c1-4-14(5-2)17-11-16(28-26-17)13-25-20(23-6-3)24-12-15-9-7-8-10-18(15)27-19(21)22;/h7-11,14,19H,4-6,12-13H2,1-3H3,(H2,23,24,25);1H. The van der Waals surface area contributed by atoms with Crippen molar-refractivity contribution >= 4 is 29.9 Å². The van der Waals surface area contributed by atoms with Crippen LogP contribution >= 0.6 is 24.0 Å². The fourth-order valence-electron chi connectivity index (χ4n) is 2.83. The third kappa shape index (κ3) is 8.15. The van der Waals surface area contributed by atoms with Crippen molar-refractivity contribution in [3.8, 4) is 5.75 Å². The van der Waals surface area contributed by atoms with Crippen molar-refractivity contribution < 1.29 is 18.0 Å². The molecule has 1 heterocycles. The second kappa shape index (κ2) is 13.3. The van der Waals surface area contributed by atoms with E-state index in [1.807, 2.05) is 13.0 Å². The van der Waals surface area contributed by atoms with Crippen LogP contribution in [0.15, 0.2) is 39.8 Å². The topological polar surface area (TPSA) is 71.7 Å². The number of rotatable bonds is 10. The van der Waals surface area contributed by atoms with E-state index in [9.17, 15) is 8.78 Å². The van der Waals surface area contributed by atoms with Crippen molar-refractivity contribution in [1.82, 2.24) is 15.8 Å². The van der Waals surface area contributed by atoms with Gasteiger partial charge in [0.15, 0.2) is 11.7 Å². The van der Waals surface area contributed by atoms with Gasteiger partial charge in [0.05, 0.1) is 18.8 Å². The molecule has 0 aliphatic heterocycles. The fraction of sp³-hybridized carbons (Fsp3) is 0.500. The van der Waals surface area contributed by atoms with Gasteiger partial charge < -0.3 is 19.9 Å². The predicted molar refractivity (Wildman–Crippen MR) is 120 cm³/mol. The summed E-state index contributed by atoms with van der Waals surface area (Å²) in [7, 11) is 0. The molecule has 2 rings (SSSR count). The van der Waals surface area contributed by atoms with Crippen LogP contribution in [-0.2, 0) is 13.1 Å². The molecule has 162 valence electrons. The summed E-state index contributed by atoms with van der Waals surface area (Å²) in [4.78, 5) is 4.45. The average molecular weight is 522 g/mol. The lowest BCUT2D eigenvalue weighted by molar-refractivity contribution is -0.0504. The first kappa shape index (κ1) is 25.1. The highest BCUT2D eigenvalue weighted by Gasteiger charge is 2.13. The summed E-state index contributed by atoms with van der Waals surface area (Å²) >= 11 is 0. The van der Waals surface area contributed by atoms with Gasteiger partial charge in [-0.25, -0.2) is 4.99 Å². The van der Waals surface area contributed by atoms with Gasteiger partial charge in [-0.15, -0.1) is 24.0 Å². The van der Waals surface area contributed by atoms with E-state index < -0.39 is 6.61 Å². The zero-order chi connectivity index (χ0) is 20.4. The Labute approximate surface area is 187 Å². The average Bonchev–Trinajstić information content (AvgIpc) is 3.14. The molecular formula is C20H29F2IN4O2. The van der Waals surface area contributed by atoms with E-state index in [0.717, 1.165) is 18.5 Å². The molecule has 0 fully saturated rings. The molecule has 0 atom stereocenters. The molecular weight excluding hydrogens is 493 g/mol. The summed E-state index contributed by atoms with van der Waals surface area (Å²) in [5, 5.41) is 10.4. The largest absolute Gasteiger partial charge is 0.434 e. The Morgan fingerprint density at radius 2 is 1.90 bits per heavy atom. The molecule has 0 saturated carbocycles. The highest BCUT2D eigenvalue weighted by atomic mass is 127. The number of alkyl halides is 2. The third-order valence-corrected chi connectivity index (χ3v) is 4.35. The molecule has 0 amide bonds. The summed E-state index contributed by atoms with van der Waals surface area (Å²) in [5.41, 5.74) is 1.54. The Morgan fingerprint density at radius 1 is 1.17 bits per heavy atom. The van der Waals surface area contributed by atoms with Gasteiger partial charge in [-0.1, -0.05) is 37.2 Å². The van der Waals surface area contributed by atoms with Crippen LogP contribution in [0.5, 0.6) is 5.75 Å². The molecule has 0 spiro atoms. The number of nitrogens with one attached hydrogen (secondary N) is 2. The summed E-state index contributed by atoms with van der Waals surface area (Å²) in [6.45, 7) is 4.63. The van der Waals surface area contributed by atoms with Crippen LogP contribution in [0.3, 0.4) is 0 Å². The molecule has 1 aromatic heterocycles. The minimum Gasteiger partial charge on any atom is -0.434 e. The molecule has 0 unspecified atom stereocenters. The van der Waals surface area contributed by atoms with E-state index in [4.69, 9.17) is 4.52 Å². The van der Waals surface area contributed by atoms with Crippen LogP contribution in [-0.4, -0.2) is 24.3 Å². The van der Waals surface area contributed by atoms with E-state index in [0.29, 0.717) is 36.3 Å². The van der Waals surface area contributed by atoms with Gasteiger partial charge in [0.25, 0.3) is 0 Å². The van der Waals surface area contributed by atoms with Crippen molar-refractivity contribution in [1.29, 1.82) is 0 Å². The number of nitrogens with zero attached hydrogens (tertiary/aromatic N) is 2. The number of hydrogen-bond donors (Lipinski definition) is 2. The number of aromatic nitrogens is 1. The Hall–Kier alpha value is -1.91. The number of para-hydroxylation sites is 1. The van der Waals surface area contributed by atoms with Crippen LogP contribution in [0, 0.1) is 0 Å². The van der Waals surface area contributed by atoms with Crippen LogP contribution < -0.4 is 15.4 Å². The van der Waals surface area contributed by atoms with Crippen LogP contribution in [0.25, 0.3) is 0 Å². The SMILES string of the molecule is CCNC(=NCc1ccccc1OC(F)F)NCc1cc(C(CC)CC)no1.I. The third-order valence-electron chi connectivity index (χ3n) is 4.35. The van der Waals surface area contributed by atoms with E-state index >= 15 is 0 Å². The second-order valence-corrected chi connectivity index (χ2v) is 6.27. The van der Waals surface area contributed by atoms with E-state index in [-0.39, 0.29) is 36.3 Å². The van der Waals surface area contributed by atoms with E-state index in [1.165, 1.54) is 6.07 Å². The molecule has 0 saturated heterocycles. The fourth-order valence-corrected chi connectivity index (χ4v) is 2.83. The molecule has 2 N–H and O–H groups in total. The van der Waals surface area contributed by atoms with Crippen molar-refractivity contribution in [2.24, 2.45) is 4.99 Å². The van der Waals surface area contributed by atoms with Crippen molar-refractivity contribution in [3.63, 3.8) is 0 Å². The highest BCUT2D eigenvalue weighted by molar-refractivity contribution is 14.0. The van der Waals surface area contributed by atoms with E-state index in [1.54, 1.807) is 18.2 Å². The number of halogens is 3. The summed E-state index contributed by atoms with van der Waals surface area (Å²) in [6, 6.07) is 8.58. The van der Waals surface area contributed by atoms with Gasteiger partial charge in [0.1, 0.15) is 5.75 Å². The van der Waals surface area contributed by atoms with Gasteiger partial charge in [0.2, 0.25) is 0 Å². The monoisotopic (exact) mass is 522 g/mol. The maximum atomic E-state index is 12.5. The lowest BCUT2D eigenvalue weighted by Gasteiger charge is -2.12. The molecule has 1 aromatic carbocycles. The number of guanidine groups is 1.